The van der Waals surface area contributed by atoms with Gasteiger partial charge in [0.05, 0.1) is 5.69 Å². The number of nitrogens with one attached hydrogen (secondary N) is 1. The van der Waals surface area contributed by atoms with E-state index in [4.69, 9.17) is 0 Å². The summed E-state index contributed by atoms with van der Waals surface area (Å²) >= 11 is 0. The van der Waals surface area contributed by atoms with Gasteiger partial charge in [0, 0.05) is 71.4 Å². The molecule has 0 fully saturated rings. The van der Waals surface area contributed by atoms with Gasteiger partial charge in [0.25, 0.3) is 0 Å². The lowest BCUT2D eigenvalue weighted by atomic mass is 10.1. The molecule has 0 atom stereocenters. The van der Waals surface area contributed by atoms with Crippen LogP contribution >= 0.6 is 24.0 Å². The summed E-state index contributed by atoms with van der Waals surface area (Å²) in [5, 5.41) is 8.08. The van der Waals surface area contributed by atoms with Crippen molar-refractivity contribution in [3.63, 3.8) is 0 Å². The molecule has 3 rings (SSSR count). The van der Waals surface area contributed by atoms with Gasteiger partial charge in [-0.2, -0.15) is 5.10 Å². The highest BCUT2D eigenvalue weighted by Crippen LogP contribution is 2.18. The van der Waals surface area contributed by atoms with Crippen molar-refractivity contribution in [1.82, 2.24) is 29.5 Å². The third-order valence-electron chi connectivity index (χ3n) is 5.09. The SMILES string of the molecule is CN=C(NCCc1nccn1Cc1ccccc1)N(C)Cc1cn(C)nc1C(C)C.I. The van der Waals surface area contributed by atoms with Gasteiger partial charge in [-0.1, -0.05) is 44.2 Å². The second kappa shape index (κ2) is 11.9. The van der Waals surface area contributed by atoms with Crippen LogP contribution in [0.1, 0.15) is 42.4 Å². The summed E-state index contributed by atoms with van der Waals surface area (Å²) in [6.45, 7) is 6.73. The Kier molecular flexibility index (Phi) is 9.54. The number of aliphatic imine (C=N–C) groups is 1. The second-order valence-electron chi connectivity index (χ2n) is 7.90. The summed E-state index contributed by atoms with van der Waals surface area (Å²) in [4.78, 5) is 11.1. The minimum absolute atomic E-state index is 0. The average Bonchev–Trinajstić information content (AvgIpc) is 3.32. The van der Waals surface area contributed by atoms with Crippen LogP contribution in [0.2, 0.25) is 0 Å². The van der Waals surface area contributed by atoms with Gasteiger partial charge in [-0.05, 0) is 11.5 Å². The Morgan fingerprint density at radius 3 is 2.65 bits per heavy atom. The lowest BCUT2D eigenvalue weighted by Crippen LogP contribution is -2.39. The molecule has 0 amide bonds. The summed E-state index contributed by atoms with van der Waals surface area (Å²) in [5.74, 6) is 2.33. The molecule has 1 N–H and O–H groups in total. The van der Waals surface area contributed by atoms with E-state index in [1.165, 1.54) is 11.1 Å². The van der Waals surface area contributed by atoms with Crippen LogP contribution in [0.15, 0.2) is 53.9 Å². The molecule has 0 saturated carbocycles. The van der Waals surface area contributed by atoms with Gasteiger partial charge < -0.3 is 14.8 Å². The average molecular weight is 535 g/mol. The van der Waals surface area contributed by atoms with Gasteiger partial charge in [-0.3, -0.25) is 9.67 Å². The Balaban J connectivity index is 0.00000341. The molecule has 0 aliphatic heterocycles. The molecular weight excluding hydrogens is 501 g/mol. The first kappa shape index (κ1) is 24.9. The zero-order valence-corrected chi connectivity index (χ0v) is 21.4. The zero-order chi connectivity index (χ0) is 21.5. The predicted molar refractivity (Wildman–Crippen MR) is 137 cm³/mol. The summed E-state index contributed by atoms with van der Waals surface area (Å²) in [6.07, 6.45) is 6.84. The molecule has 0 bridgehead atoms. The fraction of sp³-hybridized carbons (Fsp3) is 0.435. The zero-order valence-electron chi connectivity index (χ0n) is 19.1. The summed E-state index contributed by atoms with van der Waals surface area (Å²) in [7, 11) is 5.85. The standard InChI is InChI=1S/C23H33N7.HI/c1-18(2)22-20(17-29(5)27-22)16-28(4)23(24-3)26-12-11-21-25-13-14-30(21)15-19-9-7-6-8-10-19;/h6-10,13-14,17-18H,11-12,15-16H2,1-5H3,(H,24,26);1H. The van der Waals surface area contributed by atoms with Crippen LogP contribution in [0.4, 0.5) is 0 Å². The van der Waals surface area contributed by atoms with Gasteiger partial charge in [-0.15, -0.1) is 24.0 Å². The smallest absolute Gasteiger partial charge is 0.193 e. The van der Waals surface area contributed by atoms with Gasteiger partial charge in [-0.25, -0.2) is 4.98 Å². The highest BCUT2D eigenvalue weighted by atomic mass is 127. The van der Waals surface area contributed by atoms with Gasteiger partial charge in [0.1, 0.15) is 5.82 Å². The van der Waals surface area contributed by atoms with Crippen molar-refractivity contribution in [2.45, 2.75) is 39.3 Å². The molecule has 0 radical (unpaired) electrons. The first-order chi connectivity index (χ1) is 14.5. The van der Waals surface area contributed by atoms with Gasteiger partial charge in [0.2, 0.25) is 0 Å². The number of nitrogens with zero attached hydrogens (tertiary/aromatic N) is 6. The highest BCUT2D eigenvalue weighted by molar-refractivity contribution is 14.0. The Labute approximate surface area is 202 Å². The third-order valence-corrected chi connectivity index (χ3v) is 5.09. The minimum atomic E-state index is 0. The molecule has 7 nitrogen and oxygen atoms in total. The topological polar surface area (TPSA) is 63.3 Å². The third kappa shape index (κ3) is 6.81. The lowest BCUT2D eigenvalue weighted by Gasteiger charge is -2.22. The number of guanidine groups is 1. The van der Waals surface area contributed by atoms with Crippen molar-refractivity contribution in [3.05, 3.63) is 71.6 Å². The van der Waals surface area contributed by atoms with E-state index in [9.17, 15) is 0 Å². The van der Waals surface area contributed by atoms with Crippen molar-refractivity contribution in [3.8, 4) is 0 Å². The van der Waals surface area contributed by atoms with E-state index in [1.54, 1.807) is 0 Å². The maximum Gasteiger partial charge on any atom is 0.193 e. The Bertz CT molecular complexity index is 959. The number of halogens is 1. The van der Waals surface area contributed by atoms with E-state index in [0.717, 1.165) is 43.5 Å². The van der Waals surface area contributed by atoms with E-state index < -0.39 is 0 Å². The first-order valence-corrected chi connectivity index (χ1v) is 10.5. The van der Waals surface area contributed by atoms with Crippen LogP contribution in [0.25, 0.3) is 0 Å². The normalized spacial score (nSPS) is 11.5. The summed E-state index contributed by atoms with van der Waals surface area (Å²) < 4.78 is 4.09. The largest absolute Gasteiger partial charge is 0.356 e. The molecule has 3 aromatic rings. The number of hydrogen-bond donors (Lipinski definition) is 1. The van der Waals surface area contributed by atoms with Crippen molar-refractivity contribution in [2.24, 2.45) is 12.0 Å². The fourth-order valence-electron chi connectivity index (χ4n) is 3.66. The molecule has 168 valence electrons. The monoisotopic (exact) mass is 535 g/mol. The molecule has 0 unspecified atom stereocenters. The van der Waals surface area contributed by atoms with E-state index >= 15 is 0 Å². The van der Waals surface area contributed by atoms with Crippen molar-refractivity contribution >= 4 is 29.9 Å². The number of hydrogen-bond acceptors (Lipinski definition) is 3. The molecule has 0 spiro atoms. The number of benzene rings is 1. The van der Waals surface area contributed by atoms with Crippen LogP contribution in [-0.4, -0.2) is 50.8 Å². The molecule has 0 saturated heterocycles. The maximum atomic E-state index is 4.61. The van der Waals surface area contributed by atoms with E-state index in [1.807, 2.05) is 37.2 Å². The van der Waals surface area contributed by atoms with Crippen molar-refractivity contribution in [2.75, 3.05) is 20.6 Å². The Hall–Kier alpha value is -2.36. The van der Waals surface area contributed by atoms with Crippen LogP contribution < -0.4 is 5.32 Å². The van der Waals surface area contributed by atoms with Gasteiger partial charge >= 0.3 is 0 Å². The Morgan fingerprint density at radius 2 is 1.97 bits per heavy atom. The molecule has 31 heavy (non-hydrogen) atoms. The van der Waals surface area contributed by atoms with Crippen molar-refractivity contribution in [1.29, 1.82) is 0 Å². The molecular formula is C23H34IN7. The number of imidazole rings is 1. The molecule has 2 heterocycles. The van der Waals surface area contributed by atoms with Crippen LogP contribution in [0, 0.1) is 0 Å². The number of aromatic nitrogens is 4. The maximum absolute atomic E-state index is 4.61. The second-order valence-corrected chi connectivity index (χ2v) is 7.90. The lowest BCUT2D eigenvalue weighted by molar-refractivity contribution is 0.473. The van der Waals surface area contributed by atoms with Crippen LogP contribution in [0.5, 0.6) is 0 Å². The highest BCUT2D eigenvalue weighted by Gasteiger charge is 2.15. The number of rotatable bonds is 8. The molecule has 0 aliphatic carbocycles. The quantitative estimate of drug-likeness (QED) is 0.272. The first-order valence-electron chi connectivity index (χ1n) is 10.5. The van der Waals surface area contributed by atoms with Gasteiger partial charge in [0.15, 0.2) is 5.96 Å². The minimum Gasteiger partial charge on any atom is -0.356 e. The fourth-order valence-corrected chi connectivity index (χ4v) is 3.66. The molecule has 8 heteroatoms. The summed E-state index contributed by atoms with van der Waals surface area (Å²) in [5.41, 5.74) is 3.65. The number of aryl methyl sites for hydroxylation is 1. The predicted octanol–water partition coefficient (Wildman–Crippen LogP) is 3.66. The van der Waals surface area contributed by atoms with Crippen LogP contribution in [-0.2, 0) is 26.6 Å². The van der Waals surface area contributed by atoms with Crippen LogP contribution in [0.3, 0.4) is 0 Å². The molecule has 1 aromatic carbocycles. The van der Waals surface area contributed by atoms with E-state index in [-0.39, 0.29) is 24.0 Å². The molecule has 2 aromatic heterocycles. The van der Waals surface area contributed by atoms with Crippen molar-refractivity contribution < 1.29 is 0 Å². The summed E-state index contributed by atoms with van der Waals surface area (Å²) in [6, 6.07) is 10.5. The van der Waals surface area contributed by atoms with E-state index in [2.05, 4.69) is 81.2 Å². The van der Waals surface area contributed by atoms with E-state index in [0.29, 0.717) is 5.92 Å². The molecule has 0 aliphatic rings. The Morgan fingerprint density at radius 1 is 1.23 bits per heavy atom.